The normalized spacial score (nSPS) is 18.6. The number of amides is 1. The van der Waals surface area contributed by atoms with Gasteiger partial charge in [-0.1, -0.05) is 47.6 Å². The number of hydrogen-bond donors (Lipinski definition) is 3. The molecule has 1 saturated heterocycles. The predicted molar refractivity (Wildman–Crippen MR) is 143 cm³/mol. The third-order valence-electron chi connectivity index (χ3n) is 7.00. The van der Waals surface area contributed by atoms with Gasteiger partial charge in [-0.2, -0.15) is 5.10 Å². The monoisotopic (exact) mass is 574 g/mol. The number of fused-ring (bicyclic) bond motifs is 1. The molecule has 13 heteroatoms. The van der Waals surface area contributed by atoms with E-state index in [1.165, 1.54) is 12.1 Å². The number of nitrogens with one attached hydrogen (secondary N) is 2. The van der Waals surface area contributed by atoms with Crippen LogP contribution >= 0.6 is 0 Å². The summed E-state index contributed by atoms with van der Waals surface area (Å²) in [5.74, 6) is 0. The number of H-pyrrole nitrogens is 1. The maximum atomic E-state index is 13.8. The zero-order valence-electron chi connectivity index (χ0n) is 22.0. The van der Waals surface area contributed by atoms with Gasteiger partial charge in [0.15, 0.2) is 6.10 Å². The number of ether oxygens (including phenoxy) is 3. The maximum absolute atomic E-state index is 13.8. The van der Waals surface area contributed by atoms with Crippen LogP contribution in [0.2, 0.25) is 0 Å². The molecular weight excluding hydrogens is 540 g/mol. The van der Waals surface area contributed by atoms with Crippen molar-refractivity contribution in [1.82, 2.24) is 20.0 Å². The highest BCUT2D eigenvalue weighted by Gasteiger charge is 2.35. The first kappa shape index (κ1) is 28.5. The van der Waals surface area contributed by atoms with E-state index in [1.807, 2.05) is 30.3 Å². The highest BCUT2D eigenvalue weighted by Crippen LogP contribution is 2.27. The lowest BCUT2D eigenvalue weighted by molar-refractivity contribution is -0.153. The van der Waals surface area contributed by atoms with Crippen molar-refractivity contribution >= 4 is 27.0 Å². The molecule has 1 amide bonds. The first-order valence-corrected chi connectivity index (χ1v) is 14.8. The van der Waals surface area contributed by atoms with E-state index >= 15 is 0 Å². The Labute approximate surface area is 232 Å². The fraction of sp³-hybridized carbons (Fsp3) is 0.481. The third kappa shape index (κ3) is 7.16. The predicted octanol–water partition coefficient (Wildman–Crippen LogP) is 2.50. The second-order valence-electron chi connectivity index (χ2n) is 10.0. The van der Waals surface area contributed by atoms with E-state index in [0.29, 0.717) is 18.4 Å². The smallest absolute Gasteiger partial charge is 0.407 e. The highest BCUT2D eigenvalue weighted by atomic mass is 32.2. The van der Waals surface area contributed by atoms with Gasteiger partial charge in [0.2, 0.25) is 0 Å². The fourth-order valence-electron chi connectivity index (χ4n) is 4.85. The molecule has 1 aliphatic heterocycles. The van der Waals surface area contributed by atoms with Crippen LogP contribution in [0.4, 0.5) is 4.79 Å². The maximum Gasteiger partial charge on any atom is 0.407 e. The van der Waals surface area contributed by atoms with Crippen molar-refractivity contribution in [2.45, 2.75) is 61.4 Å². The zero-order valence-corrected chi connectivity index (χ0v) is 22.8. The molecule has 1 aromatic heterocycles. The summed E-state index contributed by atoms with van der Waals surface area (Å²) in [6, 6.07) is 13.0. The number of benzene rings is 2. The summed E-state index contributed by atoms with van der Waals surface area (Å²) in [4.78, 5) is 18.8. The molecule has 2 aliphatic rings. The number of carbonyl (C=O) groups is 1. The number of aromatic amines is 1. The van der Waals surface area contributed by atoms with Crippen molar-refractivity contribution in [1.29, 1.82) is 0 Å². The first-order chi connectivity index (χ1) is 19.4. The summed E-state index contributed by atoms with van der Waals surface area (Å²) in [5.41, 5.74) is 1.40. The fourth-order valence-corrected chi connectivity index (χ4v) is 6.18. The van der Waals surface area contributed by atoms with Crippen LogP contribution in [0.1, 0.15) is 31.2 Å². The van der Waals surface area contributed by atoms with Crippen LogP contribution in [0.3, 0.4) is 0 Å². The number of aliphatic hydroxyl groups is 1. The van der Waals surface area contributed by atoms with Crippen molar-refractivity contribution < 1.29 is 37.4 Å². The summed E-state index contributed by atoms with van der Waals surface area (Å²) in [6.07, 6.45) is 2.13. The number of carbonyl (C=O) groups excluding carboxylic acids is 1. The molecule has 0 spiro atoms. The lowest BCUT2D eigenvalue weighted by Crippen LogP contribution is -2.52. The van der Waals surface area contributed by atoms with Crippen LogP contribution in [0.15, 0.2) is 59.6 Å². The molecule has 5 rings (SSSR count). The highest BCUT2D eigenvalue weighted by molar-refractivity contribution is 7.89. The average molecular weight is 575 g/mol. The van der Waals surface area contributed by atoms with Crippen LogP contribution < -0.4 is 5.32 Å². The van der Waals surface area contributed by atoms with E-state index in [1.54, 1.807) is 12.3 Å². The van der Waals surface area contributed by atoms with Crippen LogP contribution in [0.25, 0.3) is 10.9 Å². The quantitative estimate of drug-likeness (QED) is 0.293. The molecule has 1 unspecified atom stereocenters. The molecule has 3 N–H and O–H groups in total. The Morgan fingerprint density at radius 1 is 1.12 bits per heavy atom. The zero-order chi connectivity index (χ0) is 28.0. The van der Waals surface area contributed by atoms with E-state index in [9.17, 15) is 18.3 Å². The van der Waals surface area contributed by atoms with Gasteiger partial charge in [0, 0.05) is 5.39 Å². The van der Waals surface area contributed by atoms with Gasteiger partial charge in [0.25, 0.3) is 10.0 Å². The molecule has 0 bridgehead atoms. The van der Waals surface area contributed by atoms with E-state index in [4.69, 9.17) is 19.0 Å². The molecule has 2 atom stereocenters. The summed E-state index contributed by atoms with van der Waals surface area (Å²) < 4.78 is 44.2. The number of hydrogen-bond acceptors (Lipinski definition) is 9. The number of rotatable bonds is 11. The average Bonchev–Trinajstić information content (AvgIpc) is 3.65. The second kappa shape index (κ2) is 13.1. The minimum Gasteiger partial charge on any atom is -0.441 e. The van der Waals surface area contributed by atoms with Gasteiger partial charge in [-0.15, -0.1) is 0 Å². The Balaban J connectivity index is 1.37. The number of alkyl carbamates (subject to hydrolysis) is 1. The number of sulfonamides is 1. The summed E-state index contributed by atoms with van der Waals surface area (Å²) in [7, 11) is -4.18. The number of aromatic nitrogens is 2. The molecule has 2 fully saturated rings. The van der Waals surface area contributed by atoms with Crippen molar-refractivity contribution in [2.75, 3.05) is 26.6 Å². The lowest BCUT2D eigenvalue weighted by atomic mass is 10.0. The molecule has 3 aromatic rings. The summed E-state index contributed by atoms with van der Waals surface area (Å²) in [5, 5.41) is 21.6. The molecule has 216 valence electrons. The molecular formula is C27H34N4O8S. The Morgan fingerprint density at radius 3 is 2.62 bits per heavy atom. The minimum absolute atomic E-state index is 0.00118. The van der Waals surface area contributed by atoms with Gasteiger partial charge in [-0.25, -0.2) is 13.2 Å². The van der Waals surface area contributed by atoms with Gasteiger partial charge >= 0.3 is 6.09 Å². The molecule has 2 aromatic carbocycles. The van der Waals surface area contributed by atoms with Gasteiger partial charge < -0.3 is 24.6 Å². The van der Waals surface area contributed by atoms with Crippen molar-refractivity contribution in [3.63, 3.8) is 0 Å². The Bertz CT molecular complexity index is 1360. The Hall–Kier alpha value is -3.07. The van der Waals surface area contributed by atoms with Crippen molar-refractivity contribution in [3.05, 3.63) is 60.3 Å². The number of aliphatic hydroxyl groups excluding tert-OH is 1. The number of hydroxylamine groups is 1. The van der Waals surface area contributed by atoms with Crippen LogP contribution in [-0.2, 0) is 35.5 Å². The third-order valence-corrected chi connectivity index (χ3v) is 8.62. The topological polar surface area (TPSA) is 152 Å². The van der Waals surface area contributed by atoms with Gasteiger partial charge in [-0.3, -0.25) is 9.94 Å². The molecule has 1 saturated carbocycles. The molecule has 40 heavy (non-hydrogen) atoms. The SMILES string of the molecule is O=C(N[C@@H](Cc1ccccc1)C(O)CN(OC1CCCC1)S(=O)(=O)c1ccc2cn[nH]c2c1)OC1COCOC1. The molecule has 12 nitrogen and oxygen atoms in total. The Morgan fingerprint density at radius 2 is 1.88 bits per heavy atom. The standard InChI is InChI=1S/C27H34N4O8S/c32-26(25(12-19-6-2-1-3-7-19)29-27(33)38-22-16-36-18-37-17-22)15-31(39-21-8-4-5-9-21)40(34,35)23-11-10-20-14-28-30-24(20)13-23/h1-3,6-7,10-11,13-14,21-22,25-26,32H,4-5,8-9,12,15-18H2,(H,28,30)(H,29,33)/t25-,26?/m0/s1. The van der Waals surface area contributed by atoms with Gasteiger partial charge in [0.05, 0.1) is 54.6 Å². The van der Waals surface area contributed by atoms with Crippen LogP contribution in [-0.4, -0.2) is 85.2 Å². The molecule has 1 aliphatic carbocycles. The Kier molecular flexibility index (Phi) is 9.29. The van der Waals surface area contributed by atoms with E-state index in [2.05, 4.69) is 15.5 Å². The van der Waals surface area contributed by atoms with E-state index < -0.39 is 40.9 Å². The van der Waals surface area contributed by atoms with E-state index in [-0.39, 0.29) is 37.4 Å². The molecule has 0 radical (unpaired) electrons. The second-order valence-corrected chi connectivity index (χ2v) is 11.8. The summed E-state index contributed by atoms with van der Waals surface area (Å²) >= 11 is 0. The summed E-state index contributed by atoms with van der Waals surface area (Å²) in [6.45, 7) is 0.116. The van der Waals surface area contributed by atoms with Crippen LogP contribution in [0.5, 0.6) is 0 Å². The van der Waals surface area contributed by atoms with E-state index in [0.717, 1.165) is 28.3 Å². The molecule has 2 heterocycles. The van der Waals surface area contributed by atoms with Crippen LogP contribution in [0, 0.1) is 0 Å². The first-order valence-electron chi connectivity index (χ1n) is 13.4. The minimum atomic E-state index is -4.18. The lowest BCUT2D eigenvalue weighted by Gasteiger charge is -2.31. The number of nitrogens with zero attached hydrogens (tertiary/aromatic N) is 2. The van der Waals surface area contributed by atoms with Crippen molar-refractivity contribution in [2.24, 2.45) is 0 Å². The van der Waals surface area contributed by atoms with Gasteiger partial charge in [-0.05, 0) is 43.0 Å². The van der Waals surface area contributed by atoms with Gasteiger partial charge in [0.1, 0.15) is 6.79 Å². The van der Waals surface area contributed by atoms with Crippen molar-refractivity contribution in [3.8, 4) is 0 Å². The largest absolute Gasteiger partial charge is 0.441 e.